The third-order valence-corrected chi connectivity index (χ3v) is 4.91. The van der Waals surface area contributed by atoms with Crippen LogP contribution in [0.1, 0.15) is 39.5 Å². The standard InChI is InChI=1S/C13H25NO4S/c1-13(2,18-3)9-12(15)8-11-6-5-7-14(10-11)19(4,16)17/h11H,5-10H2,1-4H3. The number of piperidine rings is 1. The van der Waals surface area contributed by atoms with E-state index in [2.05, 4.69) is 0 Å². The molecule has 112 valence electrons. The number of hydrogen-bond acceptors (Lipinski definition) is 4. The van der Waals surface area contributed by atoms with Gasteiger partial charge in [0, 0.05) is 33.0 Å². The topological polar surface area (TPSA) is 63.7 Å². The van der Waals surface area contributed by atoms with Crippen LogP contribution in [0.4, 0.5) is 0 Å². The van der Waals surface area contributed by atoms with E-state index in [1.807, 2.05) is 13.8 Å². The Morgan fingerprint density at radius 1 is 1.42 bits per heavy atom. The molecular weight excluding hydrogens is 266 g/mol. The van der Waals surface area contributed by atoms with Crippen LogP contribution in [0.15, 0.2) is 0 Å². The Kier molecular flexibility index (Phi) is 5.53. The molecule has 1 atom stereocenters. The lowest BCUT2D eigenvalue weighted by molar-refractivity contribution is -0.125. The highest BCUT2D eigenvalue weighted by molar-refractivity contribution is 7.88. The maximum absolute atomic E-state index is 12.0. The highest BCUT2D eigenvalue weighted by atomic mass is 32.2. The zero-order chi connectivity index (χ0) is 14.7. The smallest absolute Gasteiger partial charge is 0.211 e. The van der Waals surface area contributed by atoms with Crippen LogP contribution in [0.25, 0.3) is 0 Å². The predicted octanol–water partition coefficient (Wildman–Crippen LogP) is 1.43. The van der Waals surface area contributed by atoms with Crippen molar-refractivity contribution in [3.63, 3.8) is 0 Å². The van der Waals surface area contributed by atoms with Crippen LogP contribution < -0.4 is 0 Å². The number of Topliss-reactive ketones (excluding diaryl/α,β-unsaturated/α-hetero) is 1. The molecule has 0 aromatic carbocycles. The van der Waals surface area contributed by atoms with Crippen LogP contribution in [-0.4, -0.2) is 50.6 Å². The van der Waals surface area contributed by atoms with Gasteiger partial charge in [0.2, 0.25) is 10.0 Å². The van der Waals surface area contributed by atoms with Crippen LogP contribution in [0, 0.1) is 5.92 Å². The number of hydrogen-bond donors (Lipinski definition) is 0. The maximum Gasteiger partial charge on any atom is 0.211 e. The highest BCUT2D eigenvalue weighted by Gasteiger charge is 2.29. The van der Waals surface area contributed by atoms with Crippen molar-refractivity contribution in [3.05, 3.63) is 0 Å². The maximum atomic E-state index is 12.0. The molecule has 0 aromatic heterocycles. The summed E-state index contributed by atoms with van der Waals surface area (Å²) in [6, 6.07) is 0. The van der Waals surface area contributed by atoms with Gasteiger partial charge in [-0.25, -0.2) is 12.7 Å². The lowest BCUT2D eigenvalue weighted by Crippen LogP contribution is -2.40. The Labute approximate surface area is 116 Å². The first-order chi connectivity index (χ1) is 8.64. The van der Waals surface area contributed by atoms with Crippen LogP contribution in [0.3, 0.4) is 0 Å². The molecule has 0 radical (unpaired) electrons. The Hall–Kier alpha value is -0.460. The summed E-state index contributed by atoms with van der Waals surface area (Å²) in [5, 5.41) is 0. The van der Waals surface area contributed by atoms with Crippen molar-refractivity contribution in [2.24, 2.45) is 5.92 Å². The summed E-state index contributed by atoms with van der Waals surface area (Å²) in [5.74, 6) is 0.288. The molecule has 19 heavy (non-hydrogen) atoms. The van der Waals surface area contributed by atoms with Crippen molar-refractivity contribution in [2.75, 3.05) is 26.5 Å². The first-order valence-electron chi connectivity index (χ1n) is 6.66. The summed E-state index contributed by atoms with van der Waals surface area (Å²) in [4.78, 5) is 12.0. The molecule has 6 heteroatoms. The van der Waals surface area contributed by atoms with E-state index < -0.39 is 15.6 Å². The number of ketones is 1. The van der Waals surface area contributed by atoms with Crippen LogP contribution in [0.5, 0.6) is 0 Å². The zero-order valence-electron chi connectivity index (χ0n) is 12.3. The molecule has 0 spiro atoms. The fourth-order valence-corrected chi connectivity index (χ4v) is 3.38. The molecule has 0 aliphatic carbocycles. The van der Waals surface area contributed by atoms with Crippen molar-refractivity contribution in [1.82, 2.24) is 4.31 Å². The highest BCUT2D eigenvalue weighted by Crippen LogP contribution is 2.24. The van der Waals surface area contributed by atoms with Crippen molar-refractivity contribution >= 4 is 15.8 Å². The molecule has 0 saturated carbocycles. The van der Waals surface area contributed by atoms with Gasteiger partial charge in [0.15, 0.2) is 0 Å². The van der Waals surface area contributed by atoms with E-state index in [-0.39, 0.29) is 11.7 Å². The zero-order valence-corrected chi connectivity index (χ0v) is 13.1. The largest absolute Gasteiger partial charge is 0.378 e. The molecule has 5 nitrogen and oxygen atoms in total. The first-order valence-corrected chi connectivity index (χ1v) is 8.51. The third kappa shape index (κ3) is 5.58. The molecule has 1 fully saturated rings. The quantitative estimate of drug-likeness (QED) is 0.742. The van der Waals surface area contributed by atoms with Gasteiger partial charge >= 0.3 is 0 Å². The van der Waals surface area contributed by atoms with Crippen LogP contribution >= 0.6 is 0 Å². The number of nitrogens with zero attached hydrogens (tertiary/aromatic N) is 1. The van der Waals surface area contributed by atoms with E-state index >= 15 is 0 Å². The van der Waals surface area contributed by atoms with Gasteiger partial charge in [-0.2, -0.15) is 0 Å². The third-order valence-electron chi connectivity index (χ3n) is 3.64. The second-order valence-electron chi connectivity index (χ2n) is 6.01. The molecule has 1 aliphatic rings. The molecule has 0 aromatic rings. The van der Waals surface area contributed by atoms with Crippen molar-refractivity contribution < 1.29 is 17.9 Å². The SMILES string of the molecule is COC(C)(C)CC(=O)CC1CCCN(S(C)(=O)=O)C1. The summed E-state index contributed by atoms with van der Waals surface area (Å²) >= 11 is 0. The lowest BCUT2D eigenvalue weighted by atomic mass is 9.90. The molecule has 1 aliphatic heterocycles. The molecule has 1 heterocycles. The minimum Gasteiger partial charge on any atom is -0.378 e. The molecule has 1 rings (SSSR count). The molecule has 0 N–H and O–H groups in total. The summed E-state index contributed by atoms with van der Waals surface area (Å²) in [7, 11) is -1.54. The van der Waals surface area contributed by atoms with E-state index in [1.165, 1.54) is 10.6 Å². The van der Waals surface area contributed by atoms with E-state index in [1.54, 1.807) is 7.11 Å². The first kappa shape index (κ1) is 16.6. The molecule has 0 amide bonds. The lowest BCUT2D eigenvalue weighted by Gasteiger charge is -2.31. The number of carbonyl (C=O) groups is 1. The van der Waals surface area contributed by atoms with Crippen molar-refractivity contribution in [2.45, 2.75) is 45.1 Å². The van der Waals surface area contributed by atoms with Gasteiger partial charge in [-0.1, -0.05) is 0 Å². The minimum absolute atomic E-state index is 0.142. The number of methoxy groups -OCH3 is 1. The van der Waals surface area contributed by atoms with Gasteiger partial charge in [0.05, 0.1) is 11.9 Å². The Bertz CT molecular complexity index is 416. The second-order valence-corrected chi connectivity index (χ2v) is 8.00. The van der Waals surface area contributed by atoms with Crippen LogP contribution in [-0.2, 0) is 19.6 Å². The van der Waals surface area contributed by atoms with Crippen molar-refractivity contribution in [1.29, 1.82) is 0 Å². The fourth-order valence-electron chi connectivity index (χ4n) is 2.44. The van der Waals surface area contributed by atoms with Gasteiger partial charge in [0.1, 0.15) is 5.78 Å². The van der Waals surface area contributed by atoms with E-state index in [0.29, 0.717) is 25.9 Å². The monoisotopic (exact) mass is 291 g/mol. The summed E-state index contributed by atoms with van der Waals surface area (Å²) in [6.07, 6.45) is 3.80. The molecule has 1 saturated heterocycles. The number of rotatable bonds is 6. The van der Waals surface area contributed by atoms with E-state index in [0.717, 1.165) is 12.8 Å². The van der Waals surface area contributed by atoms with Crippen molar-refractivity contribution in [3.8, 4) is 0 Å². The number of ether oxygens (including phenoxy) is 1. The molecule has 1 unspecified atom stereocenters. The fraction of sp³-hybridized carbons (Fsp3) is 0.923. The Balaban J connectivity index is 2.51. The van der Waals surface area contributed by atoms with Gasteiger partial charge in [-0.3, -0.25) is 4.79 Å². The number of sulfonamides is 1. The average Bonchev–Trinajstić information content (AvgIpc) is 2.27. The van der Waals surface area contributed by atoms with E-state index in [4.69, 9.17) is 4.74 Å². The number of carbonyl (C=O) groups excluding carboxylic acids is 1. The predicted molar refractivity (Wildman–Crippen MR) is 74.5 cm³/mol. The Morgan fingerprint density at radius 2 is 2.05 bits per heavy atom. The van der Waals surface area contributed by atoms with Crippen LogP contribution in [0.2, 0.25) is 0 Å². The van der Waals surface area contributed by atoms with Gasteiger partial charge in [-0.05, 0) is 32.6 Å². The molecule has 0 bridgehead atoms. The average molecular weight is 291 g/mol. The molecular formula is C13H25NO4S. The normalized spacial score (nSPS) is 22.4. The van der Waals surface area contributed by atoms with Gasteiger partial charge in [-0.15, -0.1) is 0 Å². The Morgan fingerprint density at radius 3 is 2.58 bits per heavy atom. The summed E-state index contributed by atoms with van der Waals surface area (Å²) < 4.78 is 29.8. The second kappa shape index (κ2) is 6.33. The summed E-state index contributed by atoms with van der Waals surface area (Å²) in [5.41, 5.74) is -0.442. The van der Waals surface area contributed by atoms with Gasteiger partial charge < -0.3 is 4.74 Å². The minimum atomic E-state index is -3.14. The van der Waals surface area contributed by atoms with E-state index in [9.17, 15) is 13.2 Å². The van der Waals surface area contributed by atoms with Gasteiger partial charge in [0.25, 0.3) is 0 Å². The summed E-state index contributed by atoms with van der Waals surface area (Å²) in [6.45, 7) is 4.81.